The van der Waals surface area contributed by atoms with Gasteiger partial charge in [-0.3, -0.25) is 4.79 Å². The van der Waals surface area contributed by atoms with Crippen LogP contribution in [-0.2, 0) is 6.18 Å². The van der Waals surface area contributed by atoms with Gasteiger partial charge in [0.15, 0.2) is 5.82 Å². The van der Waals surface area contributed by atoms with E-state index in [0.717, 1.165) is 28.3 Å². The van der Waals surface area contributed by atoms with Gasteiger partial charge in [0.25, 0.3) is 5.56 Å². The predicted octanol–water partition coefficient (Wildman–Crippen LogP) is 3.63. The van der Waals surface area contributed by atoms with Gasteiger partial charge < -0.3 is 14.5 Å². The lowest BCUT2D eigenvalue weighted by Crippen LogP contribution is -2.47. The van der Waals surface area contributed by atoms with Crippen LogP contribution in [0.1, 0.15) is 5.56 Å². The van der Waals surface area contributed by atoms with Crippen LogP contribution in [-0.4, -0.2) is 48.1 Å². The van der Waals surface area contributed by atoms with Gasteiger partial charge in [-0.05, 0) is 36.4 Å². The van der Waals surface area contributed by atoms with E-state index in [1.165, 1.54) is 6.20 Å². The summed E-state index contributed by atoms with van der Waals surface area (Å²) in [7, 11) is 1.62. The molecule has 1 aliphatic heterocycles. The highest BCUT2D eigenvalue weighted by molar-refractivity contribution is 6.33. The number of benzene rings is 1. The zero-order valence-electron chi connectivity index (χ0n) is 17.0. The van der Waals surface area contributed by atoms with Crippen molar-refractivity contribution < 1.29 is 17.9 Å². The Morgan fingerprint density at radius 1 is 0.969 bits per heavy atom. The fraction of sp³-hybridized carbons (Fsp3) is 0.286. The van der Waals surface area contributed by atoms with E-state index >= 15 is 0 Å². The topological polar surface area (TPSA) is 63.5 Å². The van der Waals surface area contributed by atoms with Crippen molar-refractivity contribution in [1.29, 1.82) is 0 Å². The average Bonchev–Trinajstić information content (AvgIpc) is 2.81. The molecule has 0 spiro atoms. The Kier molecular flexibility index (Phi) is 5.96. The van der Waals surface area contributed by atoms with Gasteiger partial charge in [0.2, 0.25) is 0 Å². The Hall–Kier alpha value is -3.27. The summed E-state index contributed by atoms with van der Waals surface area (Å²) in [6.45, 7) is 2.67. The third-order valence-corrected chi connectivity index (χ3v) is 5.61. The van der Waals surface area contributed by atoms with Crippen molar-refractivity contribution in [3.05, 3.63) is 69.7 Å². The summed E-state index contributed by atoms with van der Waals surface area (Å²) in [5.74, 6) is 0.745. The molecule has 1 fully saturated rings. The van der Waals surface area contributed by atoms with Crippen LogP contribution in [0.5, 0.6) is 5.75 Å². The zero-order chi connectivity index (χ0) is 22.9. The second-order valence-electron chi connectivity index (χ2n) is 7.14. The lowest BCUT2D eigenvalue weighted by Gasteiger charge is -2.37. The Bertz CT molecular complexity index is 1140. The van der Waals surface area contributed by atoms with Gasteiger partial charge in [-0.1, -0.05) is 11.6 Å². The second kappa shape index (κ2) is 8.70. The lowest BCUT2D eigenvalue weighted by atomic mass is 10.2. The molecule has 11 heteroatoms. The van der Waals surface area contributed by atoms with Crippen LogP contribution >= 0.6 is 11.6 Å². The fourth-order valence-electron chi connectivity index (χ4n) is 3.49. The maximum atomic E-state index is 12.7. The molecule has 32 heavy (non-hydrogen) atoms. The Morgan fingerprint density at radius 3 is 2.19 bits per heavy atom. The van der Waals surface area contributed by atoms with E-state index in [4.69, 9.17) is 16.3 Å². The van der Waals surface area contributed by atoms with Gasteiger partial charge in [-0.15, -0.1) is 0 Å². The molecular formula is C21H19ClF3N5O2. The van der Waals surface area contributed by atoms with Crippen molar-refractivity contribution in [2.24, 2.45) is 0 Å². The molecule has 3 aromatic rings. The summed E-state index contributed by atoms with van der Waals surface area (Å²) < 4.78 is 44.3. The molecule has 0 aliphatic carbocycles. The molecule has 4 rings (SSSR count). The highest BCUT2D eigenvalue weighted by atomic mass is 35.5. The minimum atomic E-state index is -4.51. The van der Waals surface area contributed by atoms with E-state index in [9.17, 15) is 18.0 Å². The summed E-state index contributed by atoms with van der Waals surface area (Å²) in [5, 5.41) is 4.02. The summed E-state index contributed by atoms with van der Waals surface area (Å²) >= 11 is 6.32. The summed E-state index contributed by atoms with van der Waals surface area (Å²) in [6, 6.07) is 9.70. The molecular weight excluding hydrogens is 447 g/mol. The first-order chi connectivity index (χ1) is 15.3. The van der Waals surface area contributed by atoms with E-state index in [-0.39, 0.29) is 10.8 Å². The van der Waals surface area contributed by atoms with Gasteiger partial charge in [0.1, 0.15) is 10.8 Å². The number of rotatable bonds is 4. The summed E-state index contributed by atoms with van der Waals surface area (Å²) in [6.07, 6.45) is -2.42. The number of halogens is 4. The molecule has 0 bridgehead atoms. The van der Waals surface area contributed by atoms with Crippen molar-refractivity contribution >= 4 is 23.0 Å². The number of piperazine rings is 1. The molecule has 1 aliphatic rings. The number of methoxy groups -OCH3 is 1. The molecule has 7 nitrogen and oxygen atoms in total. The highest BCUT2D eigenvalue weighted by Gasteiger charge is 2.31. The molecule has 0 saturated carbocycles. The van der Waals surface area contributed by atoms with Crippen molar-refractivity contribution in [3.63, 3.8) is 0 Å². The molecule has 1 aromatic carbocycles. The van der Waals surface area contributed by atoms with Gasteiger partial charge >= 0.3 is 6.18 Å². The second-order valence-corrected chi connectivity index (χ2v) is 7.51. The SMILES string of the molecule is COc1ccc(N2CCN(c3cnn(-c4ccc(C(F)(F)F)cn4)c(=O)c3Cl)CC2)cc1. The smallest absolute Gasteiger partial charge is 0.417 e. The quantitative estimate of drug-likeness (QED) is 0.586. The number of anilines is 2. The maximum absolute atomic E-state index is 12.7. The van der Waals surface area contributed by atoms with Gasteiger partial charge in [-0.25, -0.2) is 4.98 Å². The number of ether oxygens (including phenoxy) is 1. The van der Waals surface area contributed by atoms with Crippen LogP contribution < -0.4 is 20.1 Å². The molecule has 3 heterocycles. The number of aromatic nitrogens is 3. The van der Waals surface area contributed by atoms with E-state index < -0.39 is 17.3 Å². The maximum Gasteiger partial charge on any atom is 0.417 e. The van der Waals surface area contributed by atoms with Crippen molar-refractivity contribution in [2.75, 3.05) is 43.1 Å². The number of hydrogen-bond acceptors (Lipinski definition) is 6. The first-order valence-electron chi connectivity index (χ1n) is 9.73. The van der Waals surface area contributed by atoms with Crippen LogP contribution in [0.3, 0.4) is 0 Å². The fourth-order valence-corrected chi connectivity index (χ4v) is 3.73. The monoisotopic (exact) mass is 465 g/mol. The molecule has 168 valence electrons. The van der Waals surface area contributed by atoms with Gasteiger partial charge in [-0.2, -0.15) is 23.0 Å². The molecule has 0 unspecified atom stereocenters. The number of alkyl halides is 3. The molecule has 0 radical (unpaired) electrons. The molecule has 2 aromatic heterocycles. The van der Waals surface area contributed by atoms with Crippen LogP contribution in [0.2, 0.25) is 5.02 Å². The largest absolute Gasteiger partial charge is 0.497 e. The number of hydrogen-bond donors (Lipinski definition) is 0. The average molecular weight is 466 g/mol. The molecule has 0 amide bonds. The third kappa shape index (κ3) is 4.36. The first kappa shape index (κ1) is 21.9. The van der Waals surface area contributed by atoms with Crippen LogP contribution in [0.4, 0.5) is 24.5 Å². The van der Waals surface area contributed by atoms with Crippen molar-refractivity contribution in [2.45, 2.75) is 6.18 Å². The zero-order valence-corrected chi connectivity index (χ0v) is 17.8. The van der Waals surface area contributed by atoms with Crippen LogP contribution in [0, 0.1) is 0 Å². The number of nitrogens with zero attached hydrogens (tertiary/aromatic N) is 5. The predicted molar refractivity (Wildman–Crippen MR) is 115 cm³/mol. The Balaban J connectivity index is 1.50. The van der Waals surface area contributed by atoms with Crippen molar-refractivity contribution in [1.82, 2.24) is 14.8 Å². The van der Waals surface area contributed by atoms with E-state index in [1.807, 2.05) is 29.2 Å². The Labute approximate surface area is 186 Å². The minimum Gasteiger partial charge on any atom is -0.497 e. The van der Waals surface area contributed by atoms with E-state index in [2.05, 4.69) is 15.0 Å². The Morgan fingerprint density at radius 2 is 1.62 bits per heavy atom. The first-order valence-corrected chi connectivity index (χ1v) is 10.1. The normalized spacial score (nSPS) is 14.5. The molecule has 1 saturated heterocycles. The standard InChI is InChI=1S/C21H19ClF3N5O2/c1-32-16-5-3-15(4-6-16)28-8-10-29(11-9-28)17-13-27-30(20(31)19(17)22)18-7-2-14(12-26-18)21(23,24)25/h2-7,12-13H,8-11H2,1H3. The van der Waals surface area contributed by atoms with Gasteiger partial charge in [0.05, 0.1) is 24.6 Å². The highest BCUT2D eigenvalue weighted by Crippen LogP contribution is 2.29. The van der Waals surface area contributed by atoms with E-state index in [1.54, 1.807) is 7.11 Å². The summed E-state index contributed by atoms with van der Waals surface area (Å²) in [4.78, 5) is 20.6. The van der Waals surface area contributed by atoms with E-state index in [0.29, 0.717) is 38.1 Å². The third-order valence-electron chi connectivity index (χ3n) is 5.25. The van der Waals surface area contributed by atoms with Gasteiger partial charge in [0, 0.05) is 38.1 Å². The van der Waals surface area contributed by atoms with Crippen LogP contribution in [0.15, 0.2) is 53.6 Å². The molecule has 0 atom stereocenters. The number of pyridine rings is 1. The lowest BCUT2D eigenvalue weighted by molar-refractivity contribution is -0.137. The van der Waals surface area contributed by atoms with Crippen molar-refractivity contribution in [3.8, 4) is 11.6 Å². The minimum absolute atomic E-state index is 0.0409. The molecule has 0 N–H and O–H groups in total. The van der Waals surface area contributed by atoms with Crippen LogP contribution in [0.25, 0.3) is 5.82 Å². The summed E-state index contributed by atoms with van der Waals surface area (Å²) in [5.41, 5.74) is -0.00608.